The Morgan fingerprint density at radius 1 is 0.895 bits per heavy atom. The number of hydrogen-bond acceptors (Lipinski definition) is 12. The summed E-state index contributed by atoms with van der Waals surface area (Å²) in [6.07, 6.45) is -8.07. The summed E-state index contributed by atoms with van der Waals surface area (Å²) in [4.78, 5) is 2.21. The molecular weight excluding hydrogens is 502 g/mol. The highest BCUT2D eigenvalue weighted by atomic mass is 16.8. The minimum absolute atomic E-state index is 0.0365. The standard InChI is InChI=1S/C26H29NO11/c1-27-5-4-11-6-15-16(34-9-33-15)7-13(11)23-19(27)12-2-3-14-24(35-10-32-14)18(12)25(37-23)38-26-22(31)21(30)20(29)17(8-28)36-26/h2-3,6-7,17,19-23,25-26,28-31H,4-5,8-10H2,1H3. The van der Waals surface area contributed by atoms with Crippen LogP contribution < -0.4 is 18.9 Å². The number of rotatable bonds is 3. The molecule has 7 rings (SSSR count). The van der Waals surface area contributed by atoms with Gasteiger partial charge in [-0.3, -0.25) is 4.90 Å². The number of likely N-dealkylation sites (N-methyl/N-ethyl adjacent to an activating group) is 1. The molecule has 0 bridgehead atoms. The minimum Gasteiger partial charge on any atom is -0.454 e. The lowest BCUT2D eigenvalue weighted by molar-refractivity contribution is -0.349. The van der Waals surface area contributed by atoms with Gasteiger partial charge in [-0.05, 0) is 48.4 Å². The smallest absolute Gasteiger partial charge is 0.231 e. The maximum atomic E-state index is 10.7. The van der Waals surface area contributed by atoms with Crippen molar-refractivity contribution in [2.24, 2.45) is 0 Å². The fourth-order valence-corrected chi connectivity index (χ4v) is 5.98. The summed E-state index contributed by atoms with van der Waals surface area (Å²) >= 11 is 0. The van der Waals surface area contributed by atoms with Gasteiger partial charge in [0.25, 0.3) is 0 Å². The van der Waals surface area contributed by atoms with Gasteiger partial charge >= 0.3 is 0 Å². The number of hydrogen-bond donors (Lipinski definition) is 4. The van der Waals surface area contributed by atoms with E-state index in [9.17, 15) is 20.4 Å². The summed E-state index contributed by atoms with van der Waals surface area (Å²) in [6.45, 7) is 0.371. The van der Waals surface area contributed by atoms with E-state index in [0.29, 0.717) is 28.6 Å². The molecule has 2 aromatic carbocycles. The highest BCUT2D eigenvalue weighted by molar-refractivity contribution is 5.57. The lowest BCUT2D eigenvalue weighted by Crippen LogP contribution is -2.59. The van der Waals surface area contributed by atoms with Crippen molar-refractivity contribution < 1.29 is 53.6 Å². The SMILES string of the molecule is CN1CCc2cc3c(cc2C2OC(OC4OC(CO)C(O)C(O)C4O)c4c(ccc5c4OCO5)C21)OCO3. The molecule has 4 N–H and O–H groups in total. The lowest BCUT2D eigenvalue weighted by atomic mass is 9.87. The van der Waals surface area contributed by atoms with Crippen molar-refractivity contribution in [2.45, 2.75) is 55.6 Å². The number of fused-ring (bicyclic) bond motifs is 8. The molecule has 12 nitrogen and oxygen atoms in total. The first kappa shape index (κ1) is 24.4. The molecular formula is C26H29NO11. The maximum Gasteiger partial charge on any atom is 0.231 e. The Balaban J connectivity index is 1.33. The van der Waals surface area contributed by atoms with Crippen molar-refractivity contribution in [1.82, 2.24) is 4.90 Å². The van der Waals surface area contributed by atoms with Crippen LogP contribution >= 0.6 is 0 Å². The van der Waals surface area contributed by atoms with Crippen molar-refractivity contribution in [3.63, 3.8) is 0 Å². The molecule has 38 heavy (non-hydrogen) atoms. The van der Waals surface area contributed by atoms with E-state index >= 15 is 0 Å². The Labute approximate surface area is 217 Å². The molecule has 0 aliphatic carbocycles. The third-order valence-corrected chi connectivity index (χ3v) is 7.98. The normalized spacial score (nSPS) is 35.3. The van der Waals surface area contributed by atoms with Crippen LogP contribution in [0.15, 0.2) is 24.3 Å². The fraction of sp³-hybridized carbons (Fsp3) is 0.538. The zero-order valence-corrected chi connectivity index (χ0v) is 20.6. The van der Waals surface area contributed by atoms with Crippen molar-refractivity contribution in [1.29, 1.82) is 0 Å². The summed E-state index contributed by atoms with van der Waals surface area (Å²) in [5, 5.41) is 40.9. The molecule has 5 heterocycles. The molecule has 0 radical (unpaired) electrons. The fourth-order valence-electron chi connectivity index (χ4n) is 5.98. The molecule has 0 amide bonds. The van der Waals surface area contributed by atoms with E-state index in [2.05, 4.69) is 4.90 Å². The number of aliphatic hydroxyl groups excluding tert-OH is 4. The van der Waals surface area contributed by atoms with E-state index in [-0.39, 0.29) is 19.6 Å². The average Bonchev–Trinajstić information content (AvgIpc) is 3.57. The number of nitrogens with zero attached hydrogens (tertiary/aromatic N) is 1. The van der Waals surface area contributed by atoms with E-state index in [1.807, 2.05) is 31.3 Å². The van der Waals surface area contributed by atoms with Crippen LogP contribution in [-0.4, -0.2) is 89.8 Å². The third-order valence-electron chi connectivity index (χ3n) is 7.98. The van der Waals surface area contributed by atoms with Crippen LogP contribution in [0.1, 0.15) is 40.7 Å². The van der Waals surface area contributed by atoms with E-state index < -0.39 is 49.7 Å². The first-order valence-electron chi connectivity index (χ1n) is 12.6. The number of aliphatic hydroxyl groups is 4. The highest BCUT2D eigenvalue weighted by Gasteiger charge is 2.49. The monoisotopic (exact) mass is 531 g/mol. The first-order chi connectivity index (χ1) is 18.4. The van der Waals surface area contributed by atoms with Crippen LogP contribution in [0.2, 0.25) is 0 Å². The second-order valence-electron chi connectivity index (χ2n) is 10.1. The molecule has 8 unspecified atom stereocenters. The van der Waals surface area contributed by atoms with E-state index in [0.717, 1.165) is 29.7 Å². The van der Waals surface area contributed by atoms with Gasteiger partial charge < -0.3 is 53.6 Å². The Kier molecular flexibility index (Phi) is 5.91. The van der Waals surface area contributed by atoms with E-state index in [4.69, 9.17) is 33.2 Å². The largest absolute Gasteiger partial charge is 0.454 e. The molecule has 2 aromatic rings. The van der Waals surface area contributed by atoms with Gasteiger partial charge in [-0.1, -0.05) is 6.07 Å². The average molecular weight is 532 g/mol. The molecule has 1 saturated heterocycles. The number of ether oxygens (including phenoxy) is 7. The Hall–Kier alpha value is -2.68. The first-order valence-corrected chi connectivity index (χ1v) is 12.6. The van der Waals surface area contributed by atoms with Gasteiger partial charge in [0.05, 0.1) is 18.2 Å². The second kappa shape index (κ2) is 9.21. The minimum atomic E-state index is -1.59. The van der Waals surface area contributed by atoms with Crippen molar-refractivity contribution >= 4 is 0 Å². The van der Waals surface area contributed by atoms with Gasteiger partial charge in [-0.15, -0.1) is 0 Å². The zero-order valence-electron chi connectivity index (χ0n) is 20.6. The molecule has 0 saturated carbocycles. The lowest BCUT2D eigenvalue weighted by Gasteiger charge is -2.45. The summed E-state index contributed by atoms with van der Waals surface area (Å²) in [6, 6.07) is 7.53. The van der Waals surface area contributed by atoms with E-state index in [1.54, 1.807) is 0 Å². The molecule has 5 aliphatic heterocycles. The Morgan fingerprint density at radius 3 is 2.47 bits per heavy atom. The van der Waals surface area contributed by atoms with Crippen LogP contribution in [0.4, 0.5) is 0 Å². The molecule has 12 heteroatoms. The Bertz CT molecular complexity index is 1240. The van der Waals surface area contributed by atoms with Gasteiger partial charge in [0.1, 0.15) is 30.5 Å². The zero-order chi connectivity index (χ0) is 26.1. The second-order valence-corrected chi connectivity index (χ2v) is 10.1. The molecule has 8 atom stereocenters. The topological polar surface area (TPSA) is 149 Å². The summed E-state index contributed by atoms with van der Waals surface area (Å²) in [5.41, 5.74) is 3.47. The van der Waals surface area contributed by atoms with Gasteiger partial charge in [-0.25, -0.2) is 0 Å². The van der Waals surface area contributed by atoms with Crippen LogP contribution in [-0.2, 0) is 20.6 Å². The van der Waals surface area contributed by atoms with Crippen molar-refractivity contribution in [2.75, 3.05) is 33.8 Å². The molecule has 1 fully saturated rings. The van der Waals surface area contributed by atoms with Gasteiger partial charge in [0, 0.05) is 6.54 Å². The molecule has 0 aromatic heterocycles. The van der Waals surface area contributed by atoms with Crippen LogP contribution in [0.5, 0.6) is 23.0 Å². The molecule has 0 spiro atoms. The quantitative estimate of drug-likeness (QED) is 0.430. The highest BCUT2D eigenvalue weighted by Crippen LogP contribution is 2.55. The van der Waals surface area contributed by atoms with E-state index in [1.165, 1.54) is 0 Å². The van der Waals surface area contributed by atoms with Gasteiger partial charge in [0.15, 0.2) is 35.6 Å². The molecule has 5 aliphatic rings. The number of benzene rings is 2. The third kappa shape index (κ3) is 3.67. The summed E-state index contributed by atoms with van der Waals surface area (Å²) < 4.78 is 41.2. The summed E-state index contributed by atoms with van der Waals surface area (Å²) in [7, 11) is 2.03. The van der Waals surface area contributed by atoms with Gasteiger partial charge in [-0.2, -0.15) is 0 Å². The Morgan fingerprint density at radius 2 is 1.66 bits per heavy atom. The van der Waals surface area contributed by atoms with Crippen LogP contribution in [0.3, 0.4) is 0 Å². The summed E-state index contributed by atoms with van der Waals surface area (Å²) in [5.74, 6) is 2.34. The maximum absolute atomic E-state index is 10.7. The van der Waals surface area contributed by atoms with Crippen molar-refractivity contribution in [3.05, 3.63) is 46.5 Å². The van der Waals surface area contributed by atoms with Crippen molar-refractivity contribution in [3.8, 4) is 23.0 Å². The van der Waals surface area contributed by atoms with Crippen LogP contribution in [0, 0.1) is 0 Å². The van der Waals surface area contributed by atoms with Crippen LogP contribution in [0.25, 0.3) is 0 Å². The molecule has 204 valence electrons. The predicted octanol–water partition coefficient (Wildman–Crippen LogP) is 0.260. The van der Waals surface area contributed by atoms with Gasteiger partial charge in [0.2, 0.25) is 13.6 Å². The predicted molar refractivity (Wildman–Crippen MR) is 126 cm³/mol.